The number of carbonyl (C=O) groups is 2. The van der Waals surface area contributed by atoms with Crippen molar-refractivity contribution < 1.29 is 14.3 Å². The van der Waals surface area contributed by atoms with Crippen LogP contribution in [0.3, 0.4) is 0 Å². The molecule has 2 aromatic rings. The van der Waals surface area contributed by atoms with Crippen molar-refractivity contribution in [3.8, 4) is 5.75 Å². The first kappa shape index (κ1) is 24.3. The van der Waals surface area contributed by atoms with Crippen molar-refractivity contribution in [3.05, 3.63) is 59.7 Å². The van der Waals surface area contributed by atoms with Gasteiger partial charge in [-0.1, -0.05) is 43.5 Å². The molecule has 0 aromatic heterocycles. The summed E-state index contributed by atoms with van der Waals surface area (Å²) in [7, 11) is 1.56. The molecule has 0 saturated heterocycles. The van der Waals surface area contributed by atoms with Gasteiger partial charge in [0, 0.05) is 30.2 Å². The molecule has 0 radical (unpaired) electrons. The van der Waals surface area contributed by atoms with Crippen molar-refractivity contribution in [2.24, 2.45) is 11.7 Å². The van der Waals surface area contributed by atoms with Crippen LogP contribution in [0.5, 0.6) is 5.75 Å². The maximum Gasteiger partial charge on any atom is 0.259 e. The number of benzene rings is 2. The van der Waals surface area contributed by atoms with Gasteiger partial charge in [-0.2, -0.15) is 0 Å². The summed E-state index contributed by atoms with van der Waals surface area (Å²) in [6, 6.07) is 15.5. The van der Waals surface area contributed by atoms with Crippen LogP contribution in [0.4, 0.5) is 5.69 Å². The number of para-hydroxylation sites is 1. The Morgan fingerprint density at radius 1 is 0.971 bits per heavy atom. The number of hydrogen-bond acceptors (Lipinski definition) is 4. The number of nitrogens with two attached hydrogens (primary N) is 1. The number of hydrogen-bond donors (Lipinski definition) is 2. The first-order valence-corrected chi connectivity index (χ1v) is 12.6. The Morgan fingerprint density at radius 3 is 2.44 bits per heavy atom. The van der Waals surface area contributed by atoms with Crippen LogP contribution in [0.25, 0.3) is 0 Å². The molecular formula is C28H37N3O3. The second-order valence-electron chi connectivity index (χ2n) is 9.72. The van der Waals surface area contributed by atoms with Crippen LogP contribution in [-0.4, -0.2) is 35.9 Å². The summed E-state index contributed by atoms with van der Waals surface area (Å²) in [4.78, 5) is 28.6. The van der Waals surface area contributed by atoms with Gasteiger partial charge >= 0.3 is 0 Å². The second-order valence-corrected chi connectivity index (χ2v) is 9.72. The van der Waals surface area contributed by atoms with Crippen LogP contribution < -0.4 is 15.8 Å². The topological polar surface area (TPSA) is 84.7 Å². The Balaban J connectivity index is 1.50. The fourth-order valence-corrected chi connectivity index (χ4v) is 5.36. The number of ether oxygens (including phenoxy) is 1. The fourth-order valence-electron chi connectivity index (χ4n) is 5.36. The highest BCUT2D eigenvalue weighted by Crippen LogP contribution is 2.31. The summed E-state index contributed by atoms with van der Waals surface area (Å²) in [5.74, 6) is 0.753. The van der Waals surface area contributed by atoms with E-state index in [1.165, 1.54) is 6.42 Å². The van der Waals surface area contributed by atoms with E-state index in [4.69, 9.17) is 10.5 Å². The fraction of sp³-hybridized carbons (Fsp3) is 0.500. The second kappa shape index (κ2) is 11.5. The Labute approximate surface area is 202 Å². The van der Waals surface area contributed by atoms with Gasteiger partial charge in [-0.3, -0.25) is 9.59 Å². The Kier molecular flexibility index (Phi) is 8.22. The van der Waals surface area contributed by atoms with Crippen molar-refractivity contribution in [2.45, 2.75) is 76.4 Å². The maximum atomic E-state index is 13.6. The first-order valence-electron chi connectivity index (χ1n) is 12.6. The molecule has 2 aliphatic carbocycles. The van der Waals surface area contributed by atoms with Crippen molar-refractivity contribution in [1.29, 1.82) is 0 Å². The molecule has 0 unspecified atom stereocenters. The largest absolute Gasteiger partial charge is 0.496 e. The molecule has 6 nitrogen and oxygen atoms in total. The van der Waals surface area contributed by atoms with E-state index in [1.807, 2.05) is 36.4 Å². The molecule has 34 heavy (non-hydrogen) atoms. The lowest BCUT2D eigenvalue weighted by Crippen LogP contribution is -2.46. The Bertz CT molecular complexity index is 978. The molecule has 0 heterocycles. The lowest BCUT2D eigenvalue weighted by molar-refractivity contribution is -0.140. The van der Waals surface area contributed by atoms with E-state index < -0.39 is 0 Å². The van der Waals surface area contributed by atoms with Crippen molar-refractivity contribution >= 4 is 17.5 Å². The zero-order valence-electron chi connectivity index (χ0n) is 20.2. The van der Waals surface area contributed by atoms with E-state index in [0.29, 0.717) is 29.5 Å². The highest BCUT2D eigenvalue weighted by molar-refractivity contribution is 6.06. The van der Waals surface area contributed by atoms with Gasteiger partial charge in [0.05, 0.1) is 12.7 Å². The number of anilines is 1. The van der Waals surface area contributed by atoms with Gasteiger partial charge < -0.3 is 20.7 Å². The molecule has 6 heteroatoms. The number of methoxy groups -OCH3 is 1. The number of rotatable bonds is 7. The van der Waals surface area contributed by atoms with Crippen LogP contribution >= 0.6 is 0 Å². The minimum atomic E-state index is -0.217. The van der Waals surface area contributed by atoms with Gasteiger partial charge in [0.25, 0.3) is 5.91 Å². The van der Waals surface area contributed by atoms with Crippen LogP contribution in [0.15, 0.2) is 48.5 Å². The minimum Gasteiger partial charge on any atom is -0.496 e. The van der Waals surface area contributed by atoms with E-state index in [0.717, 1.165) is 56.9 Å². The predicted octanol–water partition coefficient (Wildman–Crippen LogP) is 5.13. The molecule has 0 aliphatic heterocycles. The van der Waals surface area contributed by atoms with Crippen molar-refractivity contribution in [1.82, 2.24) is 4.90 Å². The minimum absolute atomic E-state index is 0.137. The molecular weight excluding hydrogens is 426 g/mol. The smallest absolute Gasteiger partial charge is 0.259 e. The van der Waals surface area contributed by atoms with Crippen LogP contribution in [0.1, 0.15) is 73.7 Å². The summed E-state index contributed by atoms with van der Waals surface area (Å²) < 4.78 is 5.33. The number of nitrogens with one attached hydrogen (secondary N) is 1. The zero-order chi connectivity index (χ0) is 23.9. The molecule has 2 fully saturated rings. The lowest BCUT2D eigenvalue weighted by Gasteiger charge is -2.39. The summed E-state index contributed by atoms with van der Waals surface area (Å²) in [6.07, 6.45) is 9.37. The van der Waals surface area contributed by atoms with Gasteiger partial charge in [0.1, 0.15) is 5.75 Å². The van der Waals surface area contributed by atoms with Crippen LogP contribution in [0, 0.1) is 5.92 Å². The van der Waals surface area contributed by atoms with Gasteiger partial charge in [0.2, 0.25) is 5.91 Å². The molecule has 2 aliphatic rings. The lowest BCUT2D eigenvalue weighted by atomic mass is 9.85. The van der Waals surface area contributed by atoms with Gasteiger partial charge in [-0.25, -0.2) is 0 Å². The van der Waals surface area contributed by atoms with Crippen molar-refractivity contribution in [2.75, 3.05) is 12.4 Å². The number of amides is 2. The van der Waals surface area contributed by atoms with Crippen LogP contribution in [0.2, 0.25) is 0 Å². The van der Waals surface area contributed by atoms with Crippen LogP contribution in [-0.2, 0) is 11.3 Å². The maximum absolute atomic E-state index is 13.6. The highest BCUT2D eigenvalue weighted by Gasteiger charge is 2.32. The normalized spacial score (nSPS) is 21.0. The third-order valence-corrected chi connectivity index (χ3v) is 7.31. The SMILES string of the molecule is COc1ccccc1C(=O)Nc1cccc(CN(C(=O)C2CCCCC2)C2CCC(N)CC2)c1. The third kappa shape index (κ3) is 5.98. The van der Waals surface area contributed by atoms with Gasteiger partial charge in [0.15, 0.2) is 0 Å². The zero-order valence-corrected chi connectivity index (χ0v) is 20.2. The van der Waals surface area contributed by atoms with Crippen molar-refractivity contribution in [3.63, 3.8) is 0 Å². The Morgan fingerprint density at radius 2 is 1.71 bits per heavy atom. The molecule has 182 valence electrons. The summed E-state index contributed by atoms with van der Waals surface area (Å²) in [5, 5.41) is 2.99. The molecule has 3 N–H and O–H groups in total. The van der Waals surface area contributed by atoms with E-state index in [-0.39, 0.29) is 23.9 Å². The molecule has 0 bridgehead atoms. The molecule has 2 aromatic carbocycles. The van der Waals surface area contributed by atoms with E-state index >= 15 is 0 Å². The molecule has 4 rings (SSSR count). The molecule has 0 atom stereocenters. The predicted molar refractivity (Wildman–Crippen MR) is 135 cm³/mol. The van der Waals surface area contributed by atoms with E-state index in [1.54, 1.807) is 19.2 Å². The molecule has 2 amide bonds. The van der Waals surface area contributed by atoms with Gasteiger partial charge in [-0.15, -0.1) is 0 Å². The highest BCUT2D eigenvalue weighted by atomic mass is 16.5. The third-order valence-electron chi connectivity index (χ3n) is 7.31. The first-order chi connectivity index (χ1) is 16.5. The average molecular weight is 464 g/mol. The average Bonchev–Trinajstić information content (AvgIpc) is 2.88. The Hall–Kier alpha value is -2.86. The summed E-state index contributed by atoms with van der Waals surface area (Å²) in [5.41, 5.74) is 8.38. The number of nitrogens with zero attached hydrogens (tertiary/aromatic N) is 1. The molecule has 2 saturated carbocycles. The number of carbonyl (C=O) groups excluding carboxylic acids is 2. The quantitative estimate of drug-likeness (QED) is 0.596. The standard InChI is InChI=1S/C28H37N3O3/c1-34-26-13-6-5-12-25(26)27(32)30-23-11-7-8-20(18-23)19-31(24-16-14-22(29)15-17-24)28(33)21-9-3-2-4-10-21/h5-8,11-13,18,21-22,24H,2-4,9-10,14-17,19,29H2,1H3,(H,30,32). The monoisotopic (exact) mass is 463 g/mol. The molecule has 0 spiro atoms. The van der Waals surface area contributed by atoms with Gasteiger partial charge in [-0.05, 0) is 68.4 Å². The van der Waals surface area contributed by atoms with E-state index in [2.05, 4.69) is 10.2 Å². The summed E-state index contributed by atoms with van der Waals surface area (Å²) >= 11 is 0. The van der Waals surface area contributed by atoms with E-state index in [9.17, 15) is 9.59 Å². The summed E-state index contributed by atoms with van der Waals surface area (Å²) in [6.45, 7) is 0.563.